The SMILES string of the molecule is O=S([O-])c1c[nH]c(-c2ccccc2)c1. The molecule has 1 unspecified atom stereocenters. The predicted octanol–water partition coefficient (Wildman–Crippen LogP) is 1.92. The number of hydrogen-bond donors (Lipinski definition) is 1. The molecule has 1 aromatic carbocycles. The van der Waals surface area contributed by atoms with Gasteiger partial charge in [-0.1, -0.05) is 30.3 Å². The molecule has 0 spiro atoms. The van der Waals surface area contributed by atoms with E-state index in [0.29, 0.717) is 0 Å². The van der Waals surface area contributed by atoms with Crippen molar-refractivity contribution in [1.82, 2.24) is 4.98 Å². The van der Waals surface area contributed by atoms with Crippen LogP contribution in [0.5, 0.6) is 0 Å². The van der Waals surface area contributed by atoms with Crippen molar-refractivity contribution in [3.05, 3.63) is 42.6 Å². The van der Waals surface area contributed by atoms with Crippen molar-refractivity contribution in [2.45, 2.75) is 4.90 Å². The molecule has 1 N–H and O–H groups in total. The van der Waals surface area contributed by atoms with Crippen LogP contribution in [0.25, 0.3) is 11.3 Å². The molecular weight excluding hydrogens is 198 g/mol. The van der Waals surface area contributed by atoms with Gasteiger partial charge in [0.25, 0.3) is 0 Å². The maximum absolute atomic E-state index is 10.6. The summed E-state index contributed by atoms with van der Waals surface area (Å²) in [6.45, 7) is 0. The number of H-pyrrole nitrogens is 1. The van der Waals surface area contributed by atoms with E-state index < -0.39 is 11.1 Å². The number of aromatic amines is 1. The van der Waals surface area contributed by atoms with Gasteiger partial charge in [-0.3, -0.25) is 4.21 Å². The van der Waals surface area contributed by atoms with E-state index in [4.69, 9.17) is 0 Å². The van der Waals surface area contributed by atoms with E-state index >= 15 is 0 Å². The van der Waals surface area contributed by atoms with Crippen LogP contribution in [0.15, 0.2) is 47.5 Å². The third-order valence-electron chi connectivity index (χ3n) is 1.93. The van der Waals surface area contributed by atoms with E-state index in [1.807, 2.05) is 30.3 Å². The minimum Gasteiger partial charge on any atom is -0.768 e. The number of benzene rings is 1. The second kappa shape index (κ2) is 3.77. The highest BCUT2D eigenvalue weighted by atomic mass is 32.2. The molecule has 1 aromatic heterocycles. The quantitative estimate of drug-likeness (QED) is 0.763. The topological polar surface area (TPSA) is 55.9 Å². The average molecular weight is 206 g/mol. The van der Waals surface area contributed by atoms with Crippen molar-refractivity contribution in [1.29, 1.82) is 0 Å². The largest absolute Gasteiger partial charge is 0.768 e. The van der Waals surface area contributed by atoms with Crippen molar-refractivity contribution in [2.24, 2.45) is 0 Å². The second-order valence-electron chi connectivity index (χ2n) is 2.85. The molecule has 2 aromatic rings. The minimum atomic E-state index is -2.16. The van der Waals surface area contributed by atoms with Gasteiger partial charge >= 0.3 is 0 Å². The van der Waals surface area contributed by atoms with E-state index in [1.54, 1.807) is 6.07 Å². The molecule has 0 saturated carbocycles. The molecule has 0 aliphatic heterocycles. The first-order valence-corrected chi connectivity index (χ1v) is 5.18. The van der Waals surface area contributed by atoms with Gasteiger partial charge < -0.3 is 9.54 Å². The van der Waals surface area contributed by atoms with Crippen LogP contribution in [0.1, 0.15) is 0 Å². The predicted molar refractivity (Wildman–Crippen MR) is 53.4 cm³/mol. The van der Waals surface area contributed by atoms with E-state index in [2.05, 4.69) is 4.98 Å². The number of aromatic nitrogens is 1. The van der Waals surface area contributed by atoms with Gasteiger partial charge in [0.15, 0.2) is 0 Å². The van der Waals surface area contributed by atoms with Gasteiger partial charge in [0.2, 0.25) is 0 Å². The van der Waals surface area contributed by atoms with Crippen LogP contribution in [-0.4, -0.2) is 13.7 Å². The van der Waals surface area contributed by atoms with Crippen molar-refractivity contribution < 1.29 is 8.76 Å². The van der Waals surface area contributed by atoms with Gasteiger partial charge in [-0.2, -0.15) is 0 Å². The zero-order chi connectivity index (χ0) is 9.97. The fourth-order valence-electron chi connectivity index (χ4n) is 1.26. The summed E-state index contributed by atoms with van der Waals surface area (Å²) in [5.41, 5.74) is 1.79. The molecule has 0 amide bonds. The number of hydrogen-bond acceptors (Lipinski definition) is 2. The summed E-state index contributed by atoms with van der Waals surface area (Å²) < 4.78 is 21.3. The van der Waals surface area contributed by atoms with Gasteiger partial charge in [0, 0.05) is 16.8 Å². The molecule has 2 rings (SSSR count). The van der Waals surface area contributed by atoms with Crippen molar-refractivity contribution in [3.63, 3.8) is 0 Å². The van der Waals surface area contributed by atoms with Gasteiger partial charge in [-0.05, 0) is 22.7 Å². The fraction of sp³-hybridized carbons (Fsp3) is 0. The molecule has 0 aliphatic rings. The fourth-order valence-corrected chi connectivity index (χ4v) is 1.62. The lowest BCUT2D eigenvalue weighted by Gasteiger charge is -1.98. The first-order chi connectivity index (χ1) is 6.77. The third kappa shape index (κ3) is 1.76. The maximum atomic E-state index is 10.6. The summed E-state index contributed by atoms with van der Waals surface area (Å²) in [6, 6.07) is 11.2. The molecule has 0 bridgehead atoms. The van der Waals surface area contributed by atoms with E-state index in [0.717, 1.165) is 11.3 Å². The standard InChI is InChI=1S/C10H9NO2S/c12-14(13)9-6-10(11-7-9)8-4-2-1-3-5-8/h1-7,11H,(H,12,13)/p-1. The summed E-state index contributed by atoms with van der Waals surface area (Å²) in [7, 11) is 0. The molecule has 14 heavy (non-hydrogen) atoms. The Bertz CT molecular complexity index is 450. The normalized spacial score (nSPS) is 12.6. The summed E-state index contributed by atoms with van der Waals surface area (Å²) in [6.07, 6.45) is 1.48. The van der Waals surface area contributed by atoms with Gasteiger partial charge in [0.1, 0.15) is 0 Å². The summed E-state index contributed by atoms with van der Waals surface area (Å²) in [4.78, 5) is 3.19. The van der Waals surface area contributed by atoms with Crippen LogP contribution in [0.4, 0.5) is 0 Å². The lowest BCUT2D eigenvalue weighted by Crippen LogP contribution is -1.83. The summed E-state index contributed by atoms with van der Waals surface area (Å²) in [5, 5.41) is 0. The minimum absolute atomic E-state index is 0.281. The van der Waals surface area contributed by atoms with E-state index in [1.165, 1.54) is 6.20 Å². The van der Waals surface area contributed by atoms with Gasteiger partial charge in [0.05, 0.1) is 0 Å². The first kappa shape index (κ1) is 9.18. The second-order valence-corrected chi connectivity index (χ2v) is 3.79. The first-order valence-electron chi connectivity index (χ1n) is 4.10. The molecule has 1 atom stereocenters. The smallest absolute Gasteiger partial charge is 0.0465 e. The molecular formula is C10H8NO2S-. The third-order valence-corrected chi connectivity index (χ3v) is 2.55. The molecule has 1 heterocycles. The molecule has 0 radical (unpaired) electrons. The Balaban J connectivity index is 2.39. The molecule has 72 valence electrons. The van der Waals surface area contributed by atoms with E-state index in [-0.39, 0.29) is 4.90 Å². The van der Waals surface area contributed by atoms with Gasteiger partial charge in [-0.25, -0.2) is 0 Å². The van der Waals surface area contributed by atoms with E-state index in [9.17, 15) is 8.76 Å². The van der Waals surface area contributed by atoms with Crippen LogP contribution in [0.3, 0.4) is 0 Å². The van der Waals surface area contributed by atoms with Crippen LogP contribution >= 0.6 is 0 Å². The average Bonchev–Trinajstić information content (AvgIpc) is 2.68. The molecule has 3 nitrogen and oxygen atoms in total. The molecule has 0 saturated heterocycles. The maximum Gasteiger partial charge on any atom is 0.0465 e. The lowest BCUT2D eigenvalue weighted by atomic mass is 10.2. The highest BCUT2D eigenvalue weighted by molar-refractivity contribution is 7.79. The Morgan fingerprint density at radius 2 is 1.93 bits per heavy atom. The Kier molecular flexibility index (Phi) is 2.47. The van der Waals surface area contributed by atoms with Gasteiger partial charge in [-0.15, -0.1) is 0 Å². The van der Waals surface area contributed by atoms with Crippen molar-refractivity contribution >= 4 is 11.1 Å². The van der Waals surface area contributed by atoms with Crippen LogP contribution < -0.4 is 0 Å². The molecule has 0 fully saturated rings. The van der Waals surface area contributed by atoms with Crippen molar-refractivity contribution in [2.75, 3.05) is 0 Å². The highest BCUT2D eigenvalue weighted by Crippen LogP contribution is 2.19. The lowest BCUT2D eigenvalue weighted by molar-refractivity contribution is 0.537. The molecule has 4 heteroatoms. The molecule has 0 aliphatic carbocycles. The summed E-state index contributed by atoms with van der Waals surface area (Å²) >= 11 is -2.16. The Morgan fingerprint density at radius 3 is 2.50 bits per heavy atom. The van der Waals surface area contributed by atoms with Crippen LogP contribution in [0, 0.1) is 0 Å². The van der Waals surface area contributed by atoms with Crippen LogP contribution in [-0.2, 0) is 11.1 Å². The Labute approximate surface area is 84.1 Å². The zero-order valence-corrected chi connectivity index (χ0v) is 8.08. The Morgan fingerprint density at radius 1 is 1.21 bits per heavy atom. The zero-order valence-electron chi connectivity index (χ0n) is 7.27. The van der Waals surface area contributed by atoms with Crippen LogP contribution in [0.2, 0.25) is 0 Å². The number of rotatable bonds is 2. The van der Waals surface area contributed by atoms with Crippen molar-refractivity contribution in [3.8, 4) is 11.3 Å². The Hall–Kier alpha value is -1.39. The summed E-state index contributed by atoms with van der Waals surface area (Å²) in [5.74, 6) is 0. The monoisotopic (exact) mass is 206 g/mol. The number of nitrogens with one attached hydrogen (secondary N) is 1. The highest BCUT2D eigenvalue weighted by Gasteiger charge is 2.00.